The van der Waals surface area contributed by atoms with E-state index in [2.05, 4.69) is 4.72 Å². The van der Waals surface area contributed by atoms with E-state index in [4.69, 9.17) is 21.3 Å². The quantitative estimate of drug-likeness (QED) is 0.268. The van der Waals surface area contributed by atoms with E-state index < -0.39 is 30.7 Å². The van der Waals surface area contributed by atoms with Gasteiger partial charge >= 0.3 is 7.60 Å². The SMILES string of the molecule is N#Cc1ccc(OP(=O)(O)CNS(=O)c2cc3cc(C(=O)N(CCN)CCN)ccc3s2)cc1F. The molecule has 2 unspecified atom stereocenters. The topological polar surface area (TPSA) is 172 Å². The van der Waals surface area contributed by atoms with Gasteiger partial charge in [-0.25, -0.2) is 17.9 Å². The lowest BCUT2D eigenvalue weighted by Crippen LogP contribution is -2.38. The van der Waals surface area contributed by atoms with Crippen LogP contribution >= 0.6 is 18.9 Å². The molecule has 0 aliphatic carbocycles. The lowest BCUT2D eigenvalue weighted by Gasteiger charge is -2.21. The molecule has 0 saturated heterocycles. The molecule has 10 nitrogen and oxygen atoms in total. The van der Waals surface area contributed by atoms with Crippen molar-refractivity contribution in [3.05, 3.63) is 59.4 Å². The number of carbonyl (C=O) groups excluding carboxylic acids is 1. The number of carbonyl (C=O) groups is 1. The fourth-order valence-corrected chi connectivity index (χ4v) is 6.63. The molecule has 2 aromatic carbocycles. The molecule has 35 heavy (non-hydrogen) atoms. The van der Waals surface area contributed by atoms with E-state index in [0.717, 1.165) is 16.8 Å². The standard InChI is InChI=1S/C21H23FN5O5PS2/c22-18-11-17(3-1-15(18)12-25)32-33(29,30)13-26-35(31)20-10-16-9-14(2-4-19(16)34-20)21(28)27(7-5-23)8-6-24/h1-4,9-11,26H,5-8,13,23-24H2,(H,29,30). The maximum absolute atomic E-state index is 13.7. The molecule has 0 aliphatic heterocycles. The molecule has 1 aromatic heterocycles. The zero-order valence-corrected chi connectivity index (χ0v) is 20.9. The summed E-state index contributed by atoms with van der Waals surface area (Å²) < 4.78 is 47.2. The molecule has 0 aliphatic rings. The summed E-state index contributed by atoms with van der Waals surface area (Å²) in [5.74, 6) is -1.34. The summed E-state index contributed by atoms with van der Waals surface area (Å²) in [6.07, 6.45) is -0.674. The number of rotatable bonds is 11. The van der Waals surface area contributed by atoms with Crippen LogP contribution in [0.3, 0.4) is 0 Å². The van der Waals surface area contributed by atoms with Crippen molar-refractivity contribution in [3.8, 4) is 11.8 Å². The van der Waals surface area contributed by atoms with Gasteiger partial charge in [0.05, 0.1) is 5.56 Å². The zero-order valence-electron chi connectivity index (χ0n) is 18.3. The number of thiophene rings is 1. The minimum Gasteiger partial charge on any atom is -0.424 e. The Morgan fingerprint density at radius 3 is 2.57 bits per heavy atom. The van der Waals surface area contributed by atoms with Crippen molar-refractivity contribution < 1.29 is 27.4 Å². The maximum Gasteiger partial charge on any atom is 0.391 e. The van der Waals surface area contributed by atoms with Crippen molar-refractivity contribution in [2.45, 2.75) is 4.21 Å². The Morgan fingerprint density at radius 1 is 1.23 bits per heavy atom. The number of nitriles is 1. The summed E-state index contributed by atoms with van der Waals surface area (Å²) >= 11 is 1.20. The summed E-state index contributed by atoms with van der Waals surface area (Å²) in [4.78, 5) is 24.4. The number of fused-ring (bicyclic) bond motifs is 1. The molecule has 1 heterocycles. The Bertz CT molecular complexity index is 1340. The third-order valence-corrected chi connectivity index (χ3v) is 8.49. The normalized spacial score (nSPS) is 13.7. The molecule has 0 radical (unpaired) electrons. The van der Waals surface area contributed by atoms with Gasteiger partial charge in [-0.2, -0.15) is 5.26 Å². The van der Waals surface area contributed by atoms with Gasteiger partial charge in [0.15, 0.2) is 0 Å². The molecule has 3 aromatic rings. The van der Waals surface area contributed by atoms with Crippen molar-refractivity contribution >= 4 is 45.9 Å². The molecular formula is C21H23FN5O5PS2. The third-order valence-electron chi connectivity index (χ3n) is 4.71. The maximum atomic E-state index is 13.7. The van der Waals surface area contributed by atoms with Crippen LogP contribution in [0.4, 0.5) is 4.39 Å². The van der Waals surface area contributed by atoms with E-state index >= 15 is 0 Å². The molecule has 2 atom stereocenters. The average molecular weight is 540 g/mol. The highest BCUT2D eigenvalue weighted by Gasteiger charge is 2.24. The molecule has 0 saturated carbocycles. The Hall–Kier alpha value is -2.69. The highest BCUT2D eigenvalue weighted by atomic mass is 32.2. The highest BCUT2D eigenvalue weighted by molar-refractivity contribution is 7.86. The first-order chi connectivity index (χ1) is 16.7. The van der Waals surface area contributed by atoms with Crippen molar-refractivity contribution in [1.29, 1.82) is 5.26 Å². The van der Waals surface area contributed by atoms with Gasteiger partial charge in [0.2, 0.25) is 0 Å². The molecule has 1 amide bonds. The number of nitrogens with two attached hydrogens (primary N) is 2. The summed E-state index contributed by atoms with van der Waals surface area (Å²) in [6, 6.07) is 11.5. The van der Waals surface area contributed by atoms with E-state index in [1.165, 1.54) is 17.4 Å². The van der Waals surface area contributed by atoms with Crippen LogP contribution in [-0.2, 0) is 15.6 Å². The number of hydrogen-bond donors (Lipinski definition) is 4. The minimum atomic E-state index is -4.33. The number of amides is 1. The summed E-state index contributed by atoms with van der Waals surface area (Å²) in [6.45, 7) is 1.35. The molecule has 14 heteroatoms. The Labute approximate surface area is 207 Å². The van der Waals surface area contributed by atoms with Gasteiger partial charge in [0.25, 0.3) is 5.91 Å². The first-order valence-corrected chi connectivity index (χ1v) is 14.0. The van der Waals surface area contributed by atoms with E-state index in [0.29, 0.717) is 41.3 Å². The molecule has 3 rings (SSSR count). The summed E-state index contributed by atoms with van der Waals surface area (Å²) in [5, 5.41) is 9.44. The largest absolute Gasteiger partial charge is 0.424 e. The second-order valence-corrected chi connectivity index (χ2v) is 11.6. The summed E-state index contributed by atoms with van der Waals surface area (Å²) in [7, 11) is -6.18. The van der Waals surface area contributed by atoms with E-state index in [1.807, 2.05) is 0 Å². The smallest absolute Gasteiger partial charge is 0.391 e. The van der Waals surface area contributed by atoms with Crippen LogP contribution in [-0.4, -0.2) is 52.4 Å². The number of benzene rings is 2. The lowest BCUT2D eigenvalue weighted by molar-refractivity contribution is 0.0765. The van der Waals surface area contributed by atoms with Gasteiger partial charge in [-0.05, 0) is 41.8 Å². The lowest BCUT2D eigenvalue weighted by atomic mass is 10.1. The molecule has 186 valence electrons. The molecule has 0 bridgehead atoms. The average Bonchev–Trinajstić information content (AvgIpc) is 3.25. The number of halogens is 1. The fraction of sp³-hybridized carbons (Fsp3) is 0.238. The van der Waals surface area contributed by atoms with Gasteiger partial charge in [-0.15, -0.1) is 11.3 Å². The number of nitrogens with one attached hydrogen (secondary N) is 1. The van der Waals surface area contributed by atoms with Crippen molar-refractivity contribution in [3.63, 3.8) is 0 Å². The minimum absolute atomic E-state index is 0.215. The van der Waals surface area contributed by atoms with E-state index in [9.17, 15) is 22.9 Å². The fourth-order valence-electron chi connectivity index (χ4n) is 3.10. The van der Waals surface area contributed by atoms with Gasteiger partial charge in [-0.1, -0.05) is 0 Å². The summed E-state index contributed by atoms with van der Waals surface area (Å²) in [5.41, 5.74) is 11.4. The zero-order chi connectivity index (χ0) is 25.6. The van der Waals surface area contributed by atoms with Crippen LogP contribution < -0.4 is 20.7 Å². The Balaban J connectivity index is 1.68. The first-order valence-electron chi connectivity index (χ1n) is 10.3. The van der Waals surface area contributed by atoms with Crippen LogP contribution in [0.25, 0.3) is 10.1 Å². The number of nitrogens with zero attached hydrogens (tertiary/aromatic N) is 2. The van der Waals surface area contributed by atoms with Crippen LogP contribution in [0.2, 0.25) is 0 Å². The Kier molecular flexibility index (Phi) is 9.09. The van der Waals surface area contributed by atoms with Gasteiger partial charge in [-0.3, -0.25) is 4.79 Å². The van der Waals surface area contributed by atoms with Crippen molar-refractivity contribution in [1.82, 2.24) is 9.62 Å². The molecule has 0 spiro atoms. The Morgan fingerprint density at radius 2 is 1.94 bits per heavy atom. The third kappa shape index (κ3) is 6.93. The first kappa shape index (κ1) is 26.9. The monoisotopic (exact) mass is 539 g/mol. The van der Waals surface area contributed by atoms with Crippen LogP contribution in [0.15, 0.2) is 46.7 Å². The second-order valence-electron chi connectivity index (χ2n) is 7.24. The van der Waals surface area contributed by atoms with E-state index in [-0.39, 0.29) is 17.2 Å². The van der Waals surface area contributed by atoms with Crippen LogP contribution in [0, 0.1) is 17.1 Å². The van der Waals surface area contributed by atoms with Crippen LogP contribution in [0.5, 0.6) is 5.75 Å². The van der Waals surface area contributed by atoms with Gasteiger partial charge in [0, 0.05) is 42.5 Å². The molecule has 6 N–H and O–H groups in total. The molecular weight excluding hydrogens is 516 g/mol. The predicted octanol–water partition coefficient (Wildman–Crippen LogP) is 2.11. The van der Waals surface area contributed by atoms with Crippen molar-refractivity contribution in [2.24, 2.45) is 11.5 Å². The van der Waals surface area contributed by atoms with Gasteiger partial charge < -0.3 is 25.8 Å². The number of hydrogen-bond acceptors (Lipinski definition) is 8. The van der Waals surface area contributed by atoms with Gasteiger partial charge in [0.1, 0.15) is 39.1 Å². The molecule has 0 fully saturated rings. The van der Waals surface area contributed by atoms with E-state index in [1.54, 1.807) is 35.2 Å². The van der Waals surface area contributed by atoms with Crippen LogP contribution in [0.1, 0.15) is 15.9 Å². The highest BCUT2D eigenvalue weighted by Crippen LogP contribution is 2.42. The van der Waals surface area contributed by atoms with Crippen molar-refractivity contribution in [2.75, 3.05) is 32.5 Å². The second kappa shape index (κ2) is 11.8. The predicted molar refractivity (Wildman–Crippen MR) is 132 cm³/mol.